The molecule has 1 fully saturated rings. The third kappa shape index (κ3) is 6.06. The first-order valence-electron chi connectivity index (χ1n) is 9.68. The summed E-state index contributed by atoms with van der Waals surface area (Å²) >= 11 is 1.58. The molecule has 0 unspecified atom stereocenters. The minimum absolute atomic E-state index is 0.00364. The average Bonchev–Trinajstić information content (AvgIpc) is 2.75. The first kappa shape index (κ1) is 21.4. The van der Waals surface area contributed by atoms with Gasteiger partial charge >= 0.3 is 11.8 Å². The van der Waals surface area contributed by atoms with Gasteiger partial charge in [-0.25, -0.2) is 0 Å². The van der Waals surface area contributed by atoms with Crippen molar-refractivity contribution >= 4 is 29.3 Å². The normalized spacial score (nSPS) is 15.5. The summed E-state index contributed by atoms with van der Waals surface area (Å²) in [4.78, 5) is 28.0. The molecule has 0 radical (unpaired) electrons. The predicted octanol–water partition coefficient (Wildman–Crippen LogP) is 2.85. The zero-order chi connectivity index (χ0) is 20.6. The average molecular weight is 414 g/mol. The van der Waals surface area contributed by atoms with Gasteiger partial charge in [-0.2, -0.15) is 0 Å². The number of carbonyl (C=O) groups excluding carboxylic acids is 2. The molecular weight excluding hydrogens is 386 g/mol. The Morgan fingerprint density at radius 2 is 1.83 bits per heavy atom. The molecule has 1 heterocycles. The second-order valence-corrected chi connectivity index (χ2v) is 7.85. The predicted molar refractivity (Wildman–Crippen MR) is 116 cm³/mol. The number of rotatable bonds is 6. The third-order valence-electron chi connectivity index (χ3n) is 4.94. The molecule has 2 amide bonds. The van der Waals surface area contributed by atoms with E-state index in [1.807, 2.05) is 31.4 Å². The van der Waals surface area contributed by atoms with E-state index in [1.54, 1.807) is 17.8 Å². The van der Waals surface area contributed by atoms with E-state index in [2.05, 4.69) is 39.8 Å². The van der Waals surface area contributed by atoms with E-state index >= 15 is 0 Å². The van der Waals surface area contributed by atoms with Gasteiger partial charge in [0.2, 0.25) is 0 Å². The maximum atomic E-state index is 12.4. The number of nitrogens with zero attached hydrogens (tertiary/aromatic N) is 1. The van der Waals surface area contributed by atoms with Gasteiger partial charge in [0.1, 0.15) is 0 Å². The molecule has 2 N–H and O–H groups in total. The van der Waals surface area contributed by atoms with Crippen molar-refractivity contribution in [1.29, 1.82) is 0 Å². The molecule has 0 saturated carbocycles. The minimum atomic E-state index is -0.659. The maximum Gasteiger partial charge on any atom is 0.313 e. The van der Waals surface area contributed by atoms with Crippen LogP contribution in [0.2, 0.25) is 0 Å². The zero-order valence-corrected chi connectivity index (χ0v) is 17.6. The largest absolute Gasteiger partial charge is 0.379 e. The monoisotopic (exact) mass is 413 g/mol. The number of thioether (sulfide) groups is 1. The quantitative estimate of drug-likeness (QED) is 0.563. The van der Waals surface area contributed by atoms with Crippen molar-refractivity contribution in [3.8, 4) is 0 Å². The van der Waals surface area contributed by atoms with Crippen molar-refractivity contribution in [3.63, 3.8) is 0 Å². The standard InChI is InChI=1S/C22H27N3O3S/c1-16-6-8-17(9-7-16)20(25-10-12-28-13-11-25)15-23-21(26)22(27)24-18-4-3-5-19(14-18)29-2/h3-9,14,20H,10-13,15H2,1-2H3,(H,23,26)(H,24,27)/t20-/m0/s1. The van der Waals surface area contributed by atoms with Gasteiger partial charge in [-0.3, -0.25) is 14.5 Å². The van der Waals surface area contributed by atoms with Crippen molar-refractivity contribution in [2.75, 3.05) is 44.4 Å². The van der Waals surface area contributed by atoms with Crippen LogP contribution in [0.4, 0.5) is 5.69 Å². The first-order valence-corrected chi connectivity index (χ1v) is 10.9. The van der Waals surface area contributed by atoms with Crippen molar-refractivity contribution in [2.45, 2.75) is 17.9 Å². The van der Waals surface area contributed by atoms with Crippen molar-refractivity contribution in [3.05, 3.63) is 59.7 Å². The van der Waals surface area contributed by atoms with E-state index in [1.165, 1.54) is 5.56 Å². The summed E-state index contributed by atoms with van der Waals surface area (Å²) in [6, 6.07) is 15.7. The third-order valence-corrected chi connectivity index (χ3v) is 5.66. The van der Waals surface area contributed by atoms with Crippen LogP contribution < -0.4 is 10.6 Å². The van der Waals surface area contributed by atoms with E-state index in [-0.39, 0.29) is 6.04 Å². The summed E-state index contributed by atoms with van der Waals surface area (Å²) in [6.45, 7) is 5.33. The van der Waals surface area contributed by atoms with Crippen molar-refractivity contribution < 1.29 is 14.3 Å². The molecule has 0 bridgehead atoms. The molecule has 0 aliphatic carbocycles. The number of morpholine rings is 1. The van der Waals surface area contributed by atoms with E-state index in [9.17, 15) is 9.59 Å². The highest BCUT2D eigenvalue weighted by Crippen LogP contribution is 2.22. The molecule has 1 aliphatic heterocycles. The number of aryl methyl sites for hydroxylation is 1. The lowest BCUT2D eigenvalue weighted by Crippen LogP contribution is -2.45. The Hall–Kier alpha value is -2.35. The molecule has 6 nitrogen and oxygen atoms in total. The molecule has 3 rings (SSSR count). The van der Waals surface area contributed by atoms with Crippen LogP contribution in [-0.4, -0.2) is 55.8 Å². The summed E-state index contributed by atoms with van der Waals surface area (Å²) < 4.78 is 5.46. The number of amides is 2. The lowest BCUT2D eigenvalue weighted by Gasteiger charge is -2.35. The molecule has 0 aromatic heterocycles. The summed E-state index contributed by atoms with van der Waals surface area (Å²) in [5, 5.41) is 5.47. The van der Waals surface area contributed by atoms with E-state index in [0.717, 1.165) is 23.5 Å². The number of hydrogen-bond acceptors (Lipinski definition) is 5. The Bertz CT molecular complexity index is 835. The molecule has 7 heteroatoms. The number of carbonyl (C=O) groups is 2. The van der Waals surface area contributed by atoms with Crippen LogP contribution in [0.5, 0.6) is 0 Å². The molecule has 1 saturated heterocycles. The number of anilines is 1. The fourth-order valence-corrected chi connectivity index (χ4v) is 3.75. The van der Waals surface area contributed by atoms with Gasteiger partial charge in [0, 0.05) is 30.2 Å². The smallest absolute Gasteiger partial charge is 0.313 e. The van der Waals surface area contributed by atoms with Gasteiger partial charge in [-0.1, -0.05) is 35.9 Å². The van der Waals surface area contributed by atoms with Crippen LogP contribution >= 0.6 is 11.8 Å². The van der Waals surface area contributed by atoms with Gasteiger partial charge in [0.05, 0.1) is 19.3 Å². The van der Waals surface area contributed by atoms with E-state index in [0.29, 0.717) is 25.4 Å². The van der Waals surface area contributed by atoms with Crippen LogP contribution in [0.25, 0.3) is 0 Å². The molecule has 1 atom stereocenters. The Morgan fingerprint density at radius 3 is 2.52 bits per heavy atom. The Morgan fingerprint density at radius 1 is 1.10 bits per heavy atom. The van der Waals surface area contributed by atoms with Gasteiger partial charge in [-0.05, 0) is 36.9 Å². The molecule has 2 aromatic rings. The van der Waals surface area contributed by atoms with Gasteiger partial charge in [0.15, 0.2) is 0 Å². The second-order valence-electron chi connectivity index (χ2n) is 6.97. The van der Waals surface area contributed by atoms with Crippen LogP contribution in [0.3, 0.4) is 0 Å². The maximum absolute atomic E-state index is 12.4. The van der Waals surface area contributed by atoms with Crippen LogP contribution in [-0.2, 0) is 14.3 Å². The number of ether oxygens (including phenoxy) is 1. The highest BCUT2D eigenvalue weighted by molar-refractivity contribution is 7.98. The molecule has 154 valence electrons. The SMILES string of the molecule is CSc1cccc(NC(=O)C(=O)NC[C@@H](c2ccc(C)cc2)N2CCOCC2)c1. The molecule has 1 aliphatic rings. The fraction of sp³-hybridized carbons (Fsp3) is 0.364. The summed E-state index contributed by atoms with van der Waals surface area (Å²) in [5.41, 5.74) is 2.91. The summed E-state index contributed by atoms with van der Waals surface area (Å²) in [6.07, 6.45) is 1.96. The Balaban J connectivity index is 1.63. The number of benzene rings is 2. The Labute approximate surface area is 176 Å². The minimum Gasteiger partial charge on any atom is -0.379 e. The summed E-state index contributed by atoms with van der Waals surface area (Å²) in [5.74, 6) is -1.29. The molecule has 2 aromatic carbocycles. The van der Waals surface area contributed by atoms with Gasteiger partial charge in [-0.15, -0.1) is 11.8 Å². The van der Waals surface area contributed by atoms with E-state index in [4.69, 9.17) is 4.74 Å². The Kier molecular flexibility index (Phi) is 7.69. The highest BCUT2D eigenvalue weighted by Gasteiger charge is 2.24. The van der Waals surface area contributed by atoms with Gasteiger partial charge < -0.3 is 15.4 Å². The lowest BCUT2D eigenvalue weighted by atomic mass is 10.0. The van der Waals surface area contributed by atoms with Crippen LogP contribution in [0, 0.1) is 6.92 Å². The zero-order valence-electron chi connectivity index (χ0n) is 16.8. The number of nitrogens with one attached hydrogen (secondary N) is 2. The lowest BCUT2D eigenvalue weighted by molar-refractivity contribution is -0.136. The molecule has 29 heavy (non-hydrogen) atoms. The highest BCUT2D eigenvalue weighted by atomic mass is 32.2. The van der Waals surface area contributed by atoms with Crippen molar-refractivity contribution in [1.82, 2.24) is 10.2 Å². The van der Waals surface area contributed by atoms with Crippen LogP contribution in [0.15, 0.2) is 53.4 Å². The van der Waals surface area contributed by atoms with Crippen LogP contribution in [0.1, 0.15) is 17.2 Å². The molecule has 0 spiro atoms. The molecular formula is C22H27N3O3S. The number of hydrogen-bond donors (Lipinski definition) is 2. The topological polar surface area (TPSA) is 70.7 Å². The van der Waals surface area contributed by atoms with Crippen molar-refractivity contribution in [2.24, 2.45) is 0 Å². The summed E-state index contributed by atoms with van der Waals surface area (Å²) in [7, 11) is 0. The van der Waals surface area contributed by atoms with Gasteiger partial charge in [0.25, 0.3) is 0 Å². The second kappa shape index (κ2) is 10.4. The fourth-order valence-electron chi connectivity index (χ4n) is 3.29. The first-order chi connectivity index (χ1) is 14.1. The van der Waals surface area contributed by atoms with E-state index < -0.39 is 11.8 Å².